The predicted octanol–water partition coefficient (Wildman–Crippen LogP) is 11.8. The molecule has 49 heavy (non-hydrogen) atoms. The summed E-state index contributed by atoms with van der Waals surface area (Å²) in [7, 11) is 0. The van der Waals surface area contributed by atoms with Gasteiger partial charge in [0.25, 0.3) is 0 Å². The molecule has 7 aromatic carbocycles. The maximum Gasteiger partial charge on any atom is 0.164 e. The van der Waals surface area contributed by atoms with Crippen molar-refractivity contribution in [3.05, 3.63) is 164 Å². The maximum absolute atomic E-state index is 6.43. The third-order valence-electron chi connectivity index (χ3n) is 9.79. The zero-order valence-electron chi connectivity index (χ0n) is 26.5. The Morgan fingerprint density at radius 2 is 1.22 bits per heavy atom. The van der Waals surface area contributed by atoms with E-state index in [1.807, 2.05) is 12.1 Å². The van der Waals surface area contributed by atoms with Crippen LogP contribution in [0.15, 0.2) is 162 Å². The molecule has 4 nitrogen and oxygen atoms in total. The molecule has 230 valence electrons. The smallest absolute Gasteiger partial charge is 0.164 e. The van der Waals surface area contributed by atoms with Crippen LogP contribution in [0, 0.1) is 0 Å². The Hall–Kier alpha value is -6.39. The van der Waals surface area contributed by atoms with Crippen LogP contribution in [0.2, 0.25) is 0 Å². The van der Waals surface area contributed by atoms with Gasteiger partial charge in [0.1, 0.15) is 17.0 Å². The van der Waals surface area contributed by atoms with Crippen LogP contribution in [0.1, 0.15) is 18.2 Å². The van der Waals surface area contributed by atoms with Gasteiger partial charge in [0, 0.05) is 27.8 Å². The number of nitrogens with zero attached hydrogens (tertiary/aromatic N) is 3. The van der Waals surface area contributed by atoms with Crippen LogP contribution in [0.3, 0.4) is 0 Å². The van der Waals surface area contributed by atoms with Crippen molar-refractivity contribution in [2.45, 2.75) is 12.3 Å². The van der Waals surface area contributed by atoms with Crippen LogP contribution < -0.4 is 0 Å². The summed E-state index contributed by atoms with van der Waals surface area (Å²) in [6, 6.07) is 47.1. The molecular formula is C45H29N3O. The molecule has 0 radical (unpaired) electrons. The fraction of sp³-hybridized carbons (Fsp3) is 0.0444. The average molecular weight is 628 g/mol. The maximum atomic E-state index is 6.43. The third kappa shape index (κ3) is 4.72. The summed E-state index contributed by atoms with van der Waals surface area (Å²) in [5.74, 6) is 2.14. The largest absolute Gasteiger partial charge is 0.456 e. The summed E-state index contributed by atoms with van der Waals surface area (Å²) < 4.78 is 6.43. The SMILES string of the molecule is C1=CCC(c2nc(-c3ccc4c(ccc5ccccc54)c3)nc(-c3cccc4oc5ccc(-c6ccc7ccccc7c6)cc5c34)n2)C=C1. The summed E-state index contributed by atoms with van der Waals surface area (Å²) in [5.41, 5.74) is 5.84. The van der Waals surface area contributed by atoms with Crippen molar-refractivity contribution in [3.63, 3.8) is 0 Å². The molecular weight excluding hydrogens is 599 g/mol. The lowest BCUT2D eigenvalue weighted by Gasteiger charge is -2.15. The van der Waals surface area contributed by atoms with Gasteiger partial charge in [-0.05, 0) is 80.2 Å². The van der Waals surface area contributed by atoms with Crippen molar-refractivity contribution in [3.8, 4) is 33.9 Å². The lowest BCUT2D eigenvalue weighted by Crippen LogP contribution is -2.08. The standard InChI is InChI=1S/C45H29N3O/c1-2-11-30(12-3-1)43-46-44(35-21-23-37-34(26-35)20-18-29-10-6-7-14-36(29)37)48-45(47-43)38-15-8-16-41-42(38)39-27-33(22-24-40(39)49-41)32-19-17-28-9-4-5-13-31(28)25-32/h1-11,13-27,30H,12H2. The van der Waals surface area contributed by atoms with Crippen molar-refractivity contribution in [1.82, 2.24) is 15.0 Å². The van der Waals surface area contributed by atoms with Gasteiger partial charge < -0.3 is 4.42 Å². The predicted molar refractivity (Wildman–Crippen MR) is 202 cm³/mol. The number of allylic oxidation sites excluding steroid dienone is 4. The Morgan fingerprint density at radius 3 is 2.14 bits per heavy atom. The van der Waals surface area contributed by atoms with Crippen molar-refractivity contribution in [1.29, 1.82) is 0 Å². The molecule has 0 amide bonds. The Bertz CT molecular complexity index is 2820. The van der Waals surface area contributed by atoms with Gasteiger partial charge in [0.05, 0.1) is 0 Å². The molecule has 1 aliphatic rings. The molecule has 9 aromatic rings. The van der Waals surface area contributed by atoms with Crippen LogP contribution in [-0.2, 0) is 0 Å². The summed E-state index contributed by atoms with van der Waals surface area (Å²) >= 11 is 0. The quantitative estimate of drug-likeness (QED) is 0.182. The zero-order chi connectivity index (χ0) is 32.3. The van der Waals surface area contributed by atoms with Gasteiger partial charge in [0.2, 0.25) is 0 Å². The summed E-state index contributed by atoms with van der Waals surface area (Å²) in [4.78, 5) is 15.4. The Balaban J connectivity index is 1.16. The van der Waals surface area contributed by atoms with Crippen molar-refractivity contribution < 1.29 is 4.42 Å². The molecule has 0 bridgehead atoms. The first-order valence-electron chi connectivity index (χ1n) is 16.7. The fourth-order valence-corrected chi connectivity index (χ4v) is 7.29. The van der Waals surface area contributed by atoms with Gasteiger partial charge in [-0.1, -0.05) is 127 Å². The topological polar surface area (TPSA) is 51.8 Å². The highest BCUT2D eigenvalue weighted by molar-refractivity contribution is 6.13. The number of furan rings is 1. The molecule has 10 rings (SSSR count). The monoisotopic (exact) mass is 627 g/mol. The summed E-state index contributed by atoms with van der Waals surface area (Å²) in [6.45, 7) is 0. The zero-order valence-corrected chi connectivity index (χ0v) is 26.5. The van der Waals surface area contributed by atoms with E-state index in [-0.39, 0.29) is 5.92 Å². The second-order valence-electron chi connectivity index (χ2n) is 12.8. The lowest BCUT2D eigenvalue weighted by atomic mass is 9.98. The minimum atomic E-state index is 0.0645. The van der Waals surface area contributed by atoms with E-state index in [1.54, 1.807) is 0 Å². The molecule has 0 saturated carbocycles. The molecule has 4 heteroatoms. The van der Waals surface area contributed by atoms with Gasteiger partial charge >= 0.3 is 0 Å². The minimum absolute atomic E-state index is 0.0645. The number of hydrogen-bond acceptors (Lipinski definition) is 4. The van der Waals surface area contributed by atoms with Crippen molar-refractivity contribution in [2.24, 2.45) is 0 Å². The molecule has 1 unspecified atom stereocenters. The van der Waals surface area contributed by atoms with E-state index in [2.05, 4.69) is 146 Å². The number of fused-ring (bicyclic) bond motifs is 7. The third-order valence-corrected chi connectivity index (χ3v) is 9.79. The van der Waals surface area contributed by atoms with Gasteiger partial charge in [-0.3, -0.25) is 0 Å². The van der Waals surface area contributed by atoms with E-state index in [0.29, 0.717) is 11.6 Å². The van der Waals surface area contributed by atoms with Crippen LogP contribution >= 0.6 is 0 Å². The molecule has 2 heterocycles. The van der Waals surface area contributed by atoms with Crippen LogP contribution in [0.25, 0.3) is 88.2 Å². The molecule has 0 spiro atoms. The van der Waals surface area contributed by atoms with E-state index in [0.717, 1.165) is 56.3 Å². The van der Waals surface area contributed by atoms with Gasteiger partial charge in [0.15, 0.2) is 11.6 Å². The number of benzene rings is 7. The molecule has 0 fully saturated rings. The first-order chi connectivity index (χ1) is 24.2. The summed E-state index contributed by atoms with van der Waals surface area (Å²) in [5, 5.41) is 9.34. The van der Waals surface area contributed by atoms with Crippen LogP contribution in [0.4, 0.5) is 0 Å². The van der Waals surface area contributed by atoms with Crippen LogP contribution in [-0.4, -0.2) is 15.0 Å². The van der Waals surface area contributed by atoms with Gasteiger partial charge in [-0.2, -0.15) is 0 Å². The summed E-state index contributed by atoms with van der Waals surface area (Å²) in [6.07, 6.45) is 9.36. The molecule has 0 aliphatic heterocycles. The minimum Gasteiger partial charge on any atom is -0.456 e. The Morgan fingerprint density at radius 1 is 0.490 bits per heavy atom. The normalized spacial score (nSPS) is 14.5. The molecule has 2 aromatic heterocycles. The first kappa shape index (κ1) is 27.7. The highest BCUT2D eigenvalue weighted by Gasteiger charge is 2.21. The van der Waals surface area contributed by atoms with E-state index in [4.69, 9.17) is 19.4 Å². The second-order valence-corrected chi connectivity index (χ2v) is 12.8. The second kappa shape index (κ2) is 11.1. The van der Waals surface area contributed by atoms with Gasteiger partial charge in [-0.15, -0.1) is 0 Å². The number of aromatic nitrogens is 3. The Kier molecular flexibility index (Phi) is 6.28. The first-order valence-corrected chi connectivity index (χ1v) is 16.7. The van der Waals surface area contributed by atoms with Crippen LogP contribution in [0.5, 0.6) is 0 Å². The molecule has 1 atom stereocenters. The van der Waals surface area contributed by atoms with Gasteiger partial charge in [-0.25, -0.2) is 15.0 Å². The number of rotatable bonds is 4. The van der Waals surface area contributed by atoms with Crippen molar-refractivity contribution >= 4 is 54.3 Å². The van der Waals surface area contributed by atoms with E-state index in [9.17, 15) is 0 Å². The fourth-order valence-electron chi connectivity index (χ4n) is 7.29. The Labute approximate surface area is 282 Å². The van der Waals surface area contributed by atoms with Crippen molar-refractivity contribution in [2.75, 3.05) is 0 Å². The highest BCUT2D eigenvalue weighted by Crippen LogP contribution is 2.39. The van der Waals surface area contributed by atoms with E-state index >= 15 is 0 Å². The lowest BCUT2D eigenvalue weighted by molar-refractivity contribution is 0.669. The van der Waals surface area contributed by atoms with E-state index < -0.39 is 0 Å². The average Bonchev–Trinajstić information content (AvgIpc) is 3.56. The van der Waals surface area contributed by atoms with E-state index in [1.165, 1.54) is 32.5 Å². The molecule has 0 N–H and O–H groups in total. The number of hydrogen-bond donors (Lipinski definition) is 0. The molecule has 1 aliphatic carbocycles. The molecule has 0 saturated heterocycles. The highest BCUT2D eigenvalue weighted by atomic mass is 16.3.